The average Bonchev–Trinajstić information content (AvgIpc) is 3.11. The van der Waals surface area contributed by atoms with Gasteiger partial charge in [0.1, 0.15) is 5.69 Å². The topological polar surface area (TPSA) is 48.5 Å². The molecule has 1 amide bonds. The van der Waals surface area contributed by atoms with Crippen LogP contribution >= 0.6 is 11.6 Å². The molecule has 2 fully saturated rings. The van der Waals surface area contributed by atoms with Crippen LogP contribution in [0.2, 0.25) is 5.02 Å². The van der Waals surface area contributed by atoms with E-state index in [1.54, 1.807) is 19.3 Å². The molecule has 2 unspecified atom stereocenters. The number of piperazine rings is 1. The number of nitrogens with zero attached hydrogens (tertiary/aromatic N) is 3. The second kappa shape index (κ2) is 7.73. The van der Waals surface area contributed by atoms with Crippen LogP contribution in [0.1, 0.15) is 50.5 Å². The molecule has 1 saturated heterocycles. The number of halogens is 1. The number of carbonyl (C=O) groups is 1. The van der Waals surface area contributed by atoms with Crippen molar-refractivity contribution < 1.29 is 4.79 Å². The lowest BCUT2D eigenvalue weighted by atomic mass is 9.79. The summed E-state index contributed by atoms with van der Waals surface area (Å²) in [6.45, 7) is 11.2. The van der Waals surface area contributed by atoms with Gasteiger partial charge in [-0.2, -0.15) is 0 Å². The number of hydrogen-bond acceptors (Lipinski definition) is 4. The van der Waals surface area contributed by atoms with Gasteiger partial charge in [-0.15, -0.1) is 0 Å². The number of anilines is 1. The predicted molar refractivity (Wildman–Crippen MR) is 107 cm³/mol. The third kappa shape index (κ3) is 4.15. The van der Waals surface area contributed by atoms with E-state index in [9.17, 15) is 4.79 Å². The Bertz CT molecular complexity index is 650. The summed E-state index contributed by atoms with van der Waals surface area (Å²) < 4.78 is 0. The maximum atomic E-state index is 11.7. The molecule has 1 aliphatic carbocycles. The van der Waals surface area contributed by atoms with E-state index < -0.39 is 0 Å². The predicted octanol–water partition coefficient (Wildman–Crippen LogP) is 3.43. The first-order valence-electron chi connectivity index (χ1n) is 9.66. The average molecular weight is 379 g/mol. The molecule has 1 saturated carbocycles. The largest absolute Gasteiger partial charge is 0.367 e. The van der Waals surface area contributed by atoms with E-state index in [2.05, 4.69) is 40.9 Å². The summed E-state index contributed by atoms with van der Waals surface area (Å²) in [4.78, 5) is 20.9. The number of amides is 1. The summed E-state index contributed by atoms with van der Waals surface area (Å²) in [7, 11) is 1.60. The molecular weight excluding hydrogens is 348 g/mol. The minimum atomic E-state index is -0.210. The summed E-state index contributed by atoms with van der Waals surface area (Å²) in [6, 6.07) is 2.39. The normalized spacial score (nSPS) is 24.7. The summed E-state index contributed by atoms with van der Waals surface area (Å²) in [5, 5.41) is 3.18. The summed E-state index contributed by atoms with van der Waals surface area (Å²) in [6.07, 6.45) is 5.73. The Labute approximate surface area is 162 Å². The van der Waals surface area contributed by atoms with Crippen LogP contribution in [0, 0.1) is 11.3 Å². The molecule has 2 atom stereocenters. The van der Waals surface area contributed by atoms with Crippen LogP contribution < -0.4 is 10.2 Å². The van der Waals surface area contributed by atoms with E-state index in [4.69, 9.17) is 11.6 Å². The van der Waals surface area contributed by atoms with E-state index >= 15 is 0 Å². The monoisotopic (exact) mass is 378 g/mol. The van der Waals surface area contributed by atoms with Crippen molar-refractivity contribution >= 4 is 23.2 Å². The van der Waals surface area contributed by atoms with E-state index in [0.717, 1.165) is 43.8 Å². The molecule has 26 heavy (non-hydrogen) atoms. The van der Waals surface area contributed by atoms with Crippen molar-refractivity contribution in [2.45, 2.75) is 46.1 Å². The Balaban J connectivity index is 1.58. The van der Waals surface area contributed by atoms with Crippen LogP contribution in [0.15, 0.2) is 12.3 Å². The van der Waals surface area contributed by atoms with Gasteiger partial charge in [0, 0.05) is 39.3 Å². The number of rotatable bonds is 3. The van der Waals surface area contributed by atoms with Crippen LogP contribution in [-0.4, -0.2) is 55.1 Å². The van der Waals surface area contributed by atoms with Crippen molar-refractivity contribution in [2.24, 2.45) is 11.3 Å². The molecule has 5 nitrogen and oxygen atoms in total. The Morgan fingerprint density at radius 3 is 2.46 bits per heavy atom. The van der Waals surface area contributed by atoms with Gasteiger partial charge in [0.05, 0.1) is 16.9 Å². The number of hydrogen-bond donors (Lipinski definition) is 1. The molecule has 144 valence electrons. The van der Waals surface area contributed by atoms with Gasteiger partial charge in [0.2, 0.25) is 0 Å². The van der Waals surface area contributed by atoms with Crippen LogP contribution in [0.5, 0.6) is 0 Å². The zero-order valence-corrected chi connectivity index (χ0v) is 17.1. The van der Waals surface area contributed by atoms with E-state index in [1.165, 1.54) is 19.3 Å². The molecule has 3 rings (SSSR count). The number of pyridine rings is 1. The van der Waals surface area contributed by atoms with Gasteiger partial charge >= 0.3 is 0 Å². The Hall–Kier alpha value is -1.33. The van der Waals surface area contributed by atoms with Crippen molar-refractivity contribution in [3.8, 4) is 0 Å². The van der Waals surface area contributed by atoms with Crippen molar-refractivity contribution in [3.05, 3.63) is 23.0 Å². The molecule has 2 heterocycles. The minimum absolute atomic E-state index is 0.210. The van der Waals surface area contributed by atoms with Gasteiger partial charge in [-0.25, -0.2) is 4.98 Å². The summed E-state index contributed by atoms with van der Waals surface area (Å²) >= 11 is 6.42. The highest BCUT2D eigenvalue weighted by Crippen LogP contribution is 2.41. The van der Waals surface area contributed by atoms with E-state index in [-0.39, 0.29) is 5.91 Å². The maximum absolute atomic E-state index is 11.7. The molecule has 0 spiro atoms. The highest BCUT2D eigenvalue weighted by atomic mass is 35.5. The standard InChI is InChI=1S/C20H31ClN4O/c1-20(2,3)14-5-6-15(11-14)24-7-9-25(10-8-24)18-13-23-17(12-16(18)21)19(26)22-4/h12-15H,5-11H2,1-4H3,(H,22,26). The molecule has 1 aliphatic heterocycles. The van der Waals surface area contributed by atoms with Crippen molar-refractivity contribution in [1.29, 1.82) is 0 Å². The Kier molecular flexibility index (Phi) is 5.78. The molecular formula is C20H31ClN4O. The fourth-order valence-electron chi connectivity index (χ4n) is 4.31. The van der Waals surface area contributed by atoms with Crippen molar-refractivity contribution in [2.75, 3.05) is 38.1 Å². The van der Waals surface area contributed by atoms with Crippen molar-refractivity contribution in [3.63, 3.8) is 0 Å². The van der Waals surface area contributed by atoms with Crippen molar-refractivity contribution in [1.82, 2.24) is 15.2 Å². The molecule has 0 radical (unpaired) electrons. The van der Waals surface area contributed by atoms with E-state index in [1.807, 2.05) is 0 Å². The quantitative estimate of drug-likeness (QED) is 0.875. The van der Waals surface area contributed by atoms with Gasteiger partial charge in [0.25, 0.3) is 5.91 Å². The van der Waals surface area contributed by atoms with Gasteiger partial charge in [-0.05, 0) is 36.7 Å². The molecule has 1 N–H and O–H groups in total. The molecule has 6 heteroatoms. The van der Waals surface area contributed by atoms with Crippen LogP contribution in [0.4, 0.5) is 5.69 Å². The third-order valence-electron chi connectivity index (χ3n) is 6.09. The molecule has 0 aromatic carbocycles. The fourth-order valence-corrected chi connectivity index (χ4v) is 4.58. The first-order chi connectivity index (χ1) is 12.3. The Morgan fingerprint density at radius 1 is 1.23 bits per heavy atom. The molecule has 1 aromatic heterocycles. The van der Waals surface area contributed by atoms with Gasteiger partial charge in [-0.1, -0.05) is 32.4 Å². The second-order valence-corrected chi connectivity index (χ2v) is 9.06. The second-order valence-electron chi connectivity index (χ2n) is 8.65. The number of carbonyl (C=O) groups excluding carboxylic acids is 1. The molecule has 2 aliphatic rings. The third-order valence-corrected chi connectivity index (χ3v) is 6.40. The van der Waals surface area contributed by atoms with Gasteiger partial charge < -0.3 is 10.2 Å². The van der Waals surface area contributed by atoms with Gasteiger partial charge in [-0.3, -0.25) is 9.69 Å². The van der Waals surface area contributed by atoms with Crippen LogP contribution in [-0.2, 0) is 0 Å². The SMILES string of the molecule is CNC(=O)c1cc(Cl)c(N2CCN(C3CCC(C(C)(C)C)C3)CC2)cn1. The first-order valence-corrected chi connectivity index (χ1v) is 10.0. The first kappa shape index (κ1) is 19.4. The summed E-state index contributed by atoms with van der Waals surface area (Å²) in [5.41, 5.74) is 1.71. The van der Waals surface area contributed by atoms with Gasteiger partial charge in [0.15, 0.2) is 0 Å². The highest BCUT2D eigenvalue weighted by Gasteiger charge is 2.36. The fraction of sp³-hybridized carbons (Fsp3) is 0.700. The lowest BCUT2D eigenvalue weighted by Gasteiger charge is -2.39. The van der Waals surface area contributed by atoms with E-state index in [0.29, 0.717) is 16.1 Å². The maximum Gasteiger partial charge on any atom is 0.269 e. The molecule has 1 aromatic rings. The zero-order valence-electron chi connectivity index (χ0n) is 16.4. The lowest BCUT2D eigenvalue weighted by Crippen LogP contribution is -2.50. The van der Waals surface area contributed by atoms with Crippen LogP contribution in [0.25, 0.3) is 0 Å². The highest BCUT2D eigenvalue weighted by molar-refractivity contribution is 6.33. The summed E-state index contributed by atoms with van der Waals surface area (Å²) in [5.74, 6) is 0.624. The smallest absolute Gasteiger partial charge is 0.269 e. The van der Waals surface area contributed by atoms with Crippen LogP contribution in [0.3, 0.4) is 0 Å². The zero-order chi connectivity index (χ0) is 18.9. The lowest BCUT2D eigenvalue weighted by molar-refractivity contribution is 0.0958. The minimum Gasteiger partial charge on any atom is -0.367 e. The Morgan fingerprint density at radius 2 is 1.92 bits per heavy atom. The number of aromatic nitrogens is 1. The number of nitrogens with one attached hydrogen (secondary N) is 1. The molecule has 0 bridgehead atoms.